The molecule has 3 aromatic rings. The Kier molecular flexibility index (Phi) is 5.22. The van der Waals surface area contributed by atoms with Crippen molar-refractivity contribution in [2.24, 2.45) is 0 Å². The second-order valence-corrected chi connectivity index (χ2v) is 11.5. The molecule has 3 aliphatic rings. The Morgan fingerprint density at radius 2 is 1.83 bits per heavy atom. The van der Waals surface area contributed by atoms with Crippen LogP contribution in [0, 0.1) is 6.92 Å². The summed E-state index contributed by atoms with van der Waals surface area (Å²) in [5.74, 6) is -0.154. The molecule has 35 heavy (non-hydrogen) atoms. The van der Waals surface area contributed by atoms with Crippen LogP contribution in [0.3, 0.4) is 0 Å². The second kappa shape index (κ2) is 8.09. The minimum Gasteiger partial charge on any atom is -0.365 e. The molecular weight excluding hydrogens is 470 g/mol. The van der Waals surface area contributed by atoms with E-state index in [0.717, 1.165) is 18.4 Å². The highest BCUT2D eigenvalue weighted by Crippen LogP contribution is 2.44. The molecule has 0 radical (unpaired) electrons. The molecule has 1 aliphatic carbocycles. The van der Waals surface area contributed by atoms with E-state index in [2.05, 4.69) is 20.3 Å². The summed E-state index contributed by atoms with van der Waals surface area (Å²) in [6.07, 6.45) is 4.69. The van der Waals surface area contributed by atoms with Gasteiger partial charge in [0.1, 0.15) is 24.6 Å². The lowest BCUT2D eigenvalue weighted by Crippen LogP contribution is -2.28. The lowest BCUT2D eigenvalue weighted by atomic mass is 10.1. The van der Waals surface area contributed by atoms with Crippen molar-refractivity contribution >= 4 is 26.8 Å². The Hall–Kier alpha value is -2.86. The maximum absolute atomic E-state index is 12.9. The van der Waals surface area contributed by atoms with Crippen LogP contribution in [0.2, 0.25) is 0 Å². The number of ether oxygens (including phenoxy) is 3. The quantitative estimate of drug-likeness (QED) is 0.548. The molecular formula is C24H27N5O5S. The van der Waals surface area contributed by atoms with Gasteiger partial charge in [-0.3, -0.25) is 4.57 Å². The zero-order chi connectivity index (χ0) is 24.4. The van der Waals surface area contributed by atoms with Gasteiger partial charge in [-0.05, 0) is 51.8 Å². The summed E-state index contributed by atoms with van der Waals surface area (Å²) in [4.78, 5) is 13.6. The highest BCUT2D eigenvalue weighted by atomic mass is 32.2. The molecule has 1 N–H and O–H groups in total. The lowest BCUT2D eigenvalue weighted by Gasteiger charge is -2.24. The van der Waals surface area contributed by atoms with Gasteiger partial charge >= 0.3 is 0 Å². The van der Waals surface area contributed by atoms with E-state index in [4.69, 9.17) is 14.2 Å². The maximum atomic E-state index is 12.9. The van der Waals surface area contributed by atoms with Crippen LogP contribution in [0.25, 0.3) is 11.2 Å². The molecule has 4 atom stereocenters. The Bertz CT molecular complexity index is 1400. The molecule has 11 heteroatoms. The van der Waals surface area contributed by atoms with Gasteiger partial charge < -0.3 is 19.5 Å². The largest absolute Gasteiger partial charge is 0.365 e. The number of rotatable bonds is 6. The number of imidazole rings is 1. The van der Waals surface area contributed by atoms with Crippen LogP contribution in [-0.2, 0) is 24.0 Å². The first-order valence-corrected chi connectivity index (χ1v) is 13.2. The molecule has 2 saturated heterocycles. The first-order chi connectivity index (χ1) is 16.7. The van der Waals surface area contributed by atoms with Crippen LogP contribution >= 0.6 is 0 Å². The molecule has 1 saturated carbocycles. The molecule has 2 aromatic heterocycles. The number of anilines is 1. The molecule has 184 valence electrons. The predicted molar refractivity (Wildman–Crippen MR) is 127 cm³/mol. The number of nitrogens with one attached hydrogen (secondary N) is 1. The third kappa shape index (κ3) is 4.22. The summed E-state index contributed by atoms with van der Waals surface area (Å²) in [5, 5.41) is 4.57. The summed E-state index contributed by atoms with van der Waals surface area (Å²) in [6.45, 7) is 5.57. The van der Waals surface area contributed by atoms with Crippen molar-refractivity contribution in [2.45, 2.75) is 74.9 Å². The fraction of sp³-hybridized carbons (Fsp3) is 0.458. The van der Waals surface area contributed by atoms with Crippen molar-refractivity contribution in [2.75, 3.05) is 5.32 Å². The van der Waals surface area contributed by atoms with Gasteiger partial charge in [0.05, 0.1) is 11.2 Å². The zero-order valence-electron chi connectivity index (χ0n) is 19.7. The maximum Gasteiger partial charge on any atom is 0.199 e. The number of nitrogens with zero attached hydrogens (tertiary/aromatic N) is 4. The molecule has 6 rings (SSSR count). The molecule has 0 spiro atoms. The lowest BCUT2D eigenvalue weighted by molar-refractivity contribution is -0.191. The summed E-state index contributed by atoms with van der Waals surface area (Å²) in [5.41, 5.74) is 2.25. The Balaban J connectivity index is 1.31. The topological polar surface area (TPSA) is 117 Å². The average molecular weight is 498 g/mol. The zero-order valence-corrected chi connectivity index (χ0v) is 20.5. The van der Waals surface area contributed by atoms with Crippen molar-refractivity contribution < 1.29 is 22.6 Å². The predicted octanol–water partition coefficient (Wildman–Crippen LogP) is 3.11. The van der Waals surface area contributed by atoms with E-state index in [1.807, 2.05) is 20.8 Å². The van der Waals surface area contributed by atoms with E-state index in [9.17, 15) is 8.42 Å². The van der Waals surface area contributed by atoms with E-state index >= 15 is 0 Å². The first kappa shape index (κ1) is 22.6. The van der Waals surface area contributed by atoms with Gasteiger partial charge in [-0.2, -0.15) is 0 Å². The second-order valence-electron chi connectivity index (χ2n) is 9.71. The van der Waals surface area contributed by atoms with Crippen LogP contribution in [0.4, 0.5) is 5.82 Å². The number of sulfone groups is 1. The Morgan fingerprint density at radius 1 is 1.09 bits per heavy atom. The van der Waals surface area contributed by atoms with Gasteiger partial charge in [-0.1, -0.05) is 17.7 Å². The third-order valence-corrected chi connectivity index (χ3v) is 7.86. The van der Waals surface area contributed by atoms with Crippen LogP contribution in [0.1, 0.15) is 38.5 Å². The standard InChI is InChI=1S/C24H27N5O5S/c1-14-4-8-16(9-5-14)35(30,31)11-10-17-19-20(34-24(2,3)33-19)23(32-17)29-13-27-18-21(28-15-6-7-15)25-12-26-22(18)29/h4-5,8-13,15,17,19-20,23H,6-7H2,1-3H3,(H,25,26,28)/b11-10+/t17-,19-,20-,23-/m1/s1. The minimum atomic E-state index is -3.64. The molecule has 1 aromatic carbocycles. The Labute approximate surface area is 203 Å². The number of aromatic nitrogens is 4. The average Bonchev–Trinajstić information content (AvgIpc) is 3.29. The van der Waals surface area contributed by atoms with Crippen molar-refractivity contribution in [3.05, 3.63) is 54.0 Å². The Morgan fingerprint density at radius 3 is 2.57 bits per heavy atom. The van der Waals surface area contributed by atoms with E-state index in [-0.39, 0.29) is 4.90 Å². The van der Waals surface area contributed by atoms with E-state index in [0.29, 0.717) is 23.0 Å². The number of aryl methyl sites for hydroxylation is 1. The number of hydrogen-bond donors (Lipinski definition) is 1. The number of fused-ring (bicyclic) bond motifs is 2. The summed E-state index contributed by atoms with van der Waals surface area (Å²) < 4.78 is 46.2. The van der Waals surface area contributed by atoms with Gasteiger partial charge in [-0.15, -0.1) is 0 Å². The molecule has 2 aliphatic heterocycles. The fourth-order valence-corrected chi connectivity index (χ4v) is 5.57. The molecule has 0 unspecified atom stereocenters. The summed E-state index contributed by atoms with van der Waals surface area (Å²) in [7, 11) is -3.64. The molecule has 4 heterocycles. The van der Waals surface area contributed by atoms with Gasteiger partial charge in [0.15, 0.2) is 38.8 Å². The van der Waals surface area contributed by atoms with Crippen molar-refractivity contribution in [1.82, 2.24) is 19.5 Å². The van der Waals surface area contributed by atoms with Gasteiger partial charge in [0.2, 0.25) is 0 Å². The van der Waals surface area contributed by atoms with Crippen LogP contribution in [0.5, 0.6) is 0 Å². The smallest absolute Gasteiger partial charge is 0.199 e. The molecule has 0 amide bonds. The summed E-state index contributed by atoms with van der Waals surface area (Å²) in [6, 6.07) is 7.15. The van der Waals surface area contributed by atoms with Crippen molar-refractivity contribution in [1.29, 1.82) is 0 Å². The molecule has 10 nitrogen and oxygen atoms in total. The van der Waals surface area contributed by atoms with E-state index in [1.165, 1.54) is 17.8 Å². The van der Waals surface area contributed by atoms with Crippen molar-refractivity contribution in [3.63, 3.8) is 0 Å². The van der Waals surface area contributed by atoms with Crippen LogP contribution in [0.15, 0.2) is 53.3 Å². The summed E-state index contributed by atoms with van der Waals surface area (Å²) >= 11 is 0. The molecule has 0 bridgehead atoms. The van der Waals surface area contributed by atoms with E-state index in [1.54, 1.807) is 35.2 Å². The number of hydrogen-bond acceptors (Lipinski definition) is 9. The van der Waals surface area contributed by atoms with Crippen LogP contribution in [-0.4, -0.2) is 58.1 Å². The normalized spacial score (nSPS) is 28.1. The van der Waals surface area contributed by atoms with Gasteiger partial charge in [0, 0.05) is 11.4 Å². The number of benzene rings is 1. The van der Waals surface area contributed by atoms with Crippen LogP contribution < -0.4 is 5.32 Å². The SMILES string of the molecule is Cc1ccc(S(=O)(=O)/C=C/[C@H]2O[C@@H](n3cnc4c(NC5CC5)ncnc43)[C@@H]3OC(C)(C)O[C@@H]32)cc1. The third-order valence-electron chi connectivity index (χ3n) is 6.41. The fourth-order valence-electron chi connectivity index (χ4n) is 4.54. The van der Waals surface area contributed by atoms with Gasteiger partial charge in [-0.25, -0.2) is 23.4 Å². The van der Waals surface area contributed by atoms with Gasteiger partial charge in [0.25, 0.3) is 0 Å². The monoisotopic (exact) mass is 497 g/mol. The first-order valence-electron chi connectivity index (χ1n) is 11.7. The minimum absolute atomic E-state index is 0.224. The highest BCUT2D eigenvalue weighted by Gasteiger charge is 2.55. The van der Waals surface area contributed by atoms with E-state index < -0.39 is 40.2 Å². The van der Waals surface area contributed by atoms with Crippen molar-refractivity contribution in [3.8, 4) is 0 Å². The highest BCUT2D eigenvalue weighted by molar-refractivity contribution is 7.94. The molecule has 3 fully saturated rings.